The SMILES string of the molecule is COC(=O)c1cc2c(OC)ccc(C)c2[nH]1. The first-order valence-electron chi connectivity index (χ1n) is 4.92. The standard InChI is InChI=1S/C12H13NO3/c1-7-4-5-10(15-2)8-6-9(12(14)16-3)13-11(7)8/h4-6,13H,1-3H3. The van der Waals surface area contributed by atoms with Crippen LogP contribution in [-0.4, -0.2) is 25.2 Å². The minimum Gasteiger partial charge on any atom is -0.496 e. The van der Waals surface area contributed by atoms with Gasteiger partial charge in [0.15, 0.2) is 0 Å². The lowest BCUT2D eigenvalue weighted by molar-refractivity contribution is 0.0595. The van der Waals surface area contributed by atoms with Gasteiger partial charge in [-0.1, -0.05) is 6.07 Å². The molecule has 0 bridgehead atoms. The van der Waals surface area contributed by atoms with Gasteiger partial charge < -0.3 is 14.5 Å². The predicted molar refractivity (Wildman–Crippen MR) is 60.9 cm³/mol. The summed E-state index contributed by atoms with van der Waals surface area (Å²) in [7, 11) is 2.97. The molecule has 4 heteroatoms. The zero-order valence-corrected chi connectivity index (χ0v) is 9.46. The van der Waals surface area contributed by atoms with Gasteiger partial charge in [0, 0.05) is 5.39 Å². The molecule has 0 amide bonds. The number of aromatic amines is 1. The predicted octanol–water partition coefficient (Wildman–Crippen LogP) is 2.27. The van der Waals surface area contributed by atoms with Crippen molar-refractivity contribution >= 4 is 16.9 Å². The monoisotopic (exact) mass is 219 g/mol. The third kappa shape index (κ3) is 1.52. The van der Waals surface area contributed by atoms with E-state index >= 15 is 0 Å². The molecule has 1 aromatic heterocycles. The van der Waals surface area contributed by atoms with Crippen LogP contribution in [0.2, 0.25) is 0 Å². The number of aryl methyl sites for hydroxylation is 1. The van der Waals surface area contributed by atoms with Gasteiger partial charge in [-0.2, -0.15) is 0 Å². The minimum absolute atomic E-state index is 0.377. The van der Waals surface area contributed by atoms with E-state index in [4.69, 9.17) is 4.74 Å². The van der Waals surface area contributed by atoms with Crippen molar-refractivity contribution < 1.29 is 14.3 Å². The summed E-state index contributed by atoms with van der Waals surface area (Å²) in [5.41, 5.74) is 2.40. The maximum atomic E-state index is 11.4. The Morgan fingerprint density at radius 1 is 1.31 bits per heavy atom. The Bertz CT molecular complexity index is 542. The van der Waals surface area contributed by atoms with Gasteiger partial charge in [0.1, 0.15) is 11.4 Å². The zero-order chi connectivity index (χ0) is 11.7. The van der Waals surface area contributed by atoms with Crippen LogP contribution in [0.3, 0.4) is 0 Å². The van der Waals surface area contributed by atoms with Crippen LogP contribution in [0.1, 0.15) is 16.1 Å². The van der Waals surface area contributed by atoms with Gasteiger partial charge in [0.05, 0.1) is 19.7 Å². The Kier molecular flexibility index (Phi) is 2.56. The molecule has 0 radical (unpaired) electrons. The summed E-state index contributed by atoms with van der Waals surface area (Å²) in [4.78, 5) is 14.4. The average molecular weight is 219 g/mol. The maximum absolute atomic E-state index is 11.4. The highest BCUT2D eigenvalue weighted by Gasteiger charge is 2.13. The van der Waals surface area contributed by atoms with E-state index in [1.165, 1.54) is 7.11 Å². The minimum atomic E-state index is -0.377. The first-order chi connectivity index (χ1) is 7.67. The molecular weight excluding hydrogens is 206 g/mol. The van der Waals surface area contributed by atoms with Gasteiger partial charge in [-0.05, 0) is 24.6 Å². The quantitative estimate of drug-likeness (QED) is 0.788. The van der Waals surface area contributed by atoms with E-state index in [9.17, 15) is 4.79 Å². The van der Waals surface area contributed by atoms with Gasteiger partial charge >= 0.3 is 5.97 Å². The number of ether oxygens (including phenoxy) is 2. The molecule has 0 aliphatic rings. The Morgan fingerprint density at radius 2 is 2.06 bits per heavy atom. The summed E-state index contributed by atoms with van der Waals surface area (Å²) in [6.45, 7) is 1.97. The van der Waals surface area contributed by atoms with Gasteiger partial charge in [0.2, 0.25) is 0 Å². The Morgan fingerprint density at radius 3 is 2.69 bits per heavy atom. The molecular formula is C12H13NO3. The highest BCUT2D eigenvalue weighted by Crippen LogP contribution is 2.28. The number of carbonyl (C=O) groups is 1. The molecule has 84 valence electrons. The molecule has 0 atom stereocenters. The second kappa shape index (κ2) is 3.89. The Balaban J connectivity index is 2.68. The molecule has 16 heavy (non-hydrogen) atoms. The van der Waals surface area contributed by atoms with Crippen LogP contribution in [-0.2, 0) is 4.74 Å². The van der Waals surface area contributed by atoms with Crippen molar-refractivity contribution in [2.24, 2.45) is 0 Å². The van der Waals surface area contributed by atoms with Crippen LogP contribution in [0, 0.1) is 6.92 Å². The van der Waals surface area contributed by atoms with Crippen molar-refractivity contribution in [3.8, 4) is 5.75 Å². The van der Waals surface area contributed by atoms with E-state index in [0.29, 0.717) is 5.69 Å². The molecule has 0 saturated carbocycles. The van der Waals surface area contributed by atoms with E-state index in [1.54, 1.807) is 13.2 Å². The first kappa shape index (κ1) is 10.5. The van der Waals surface area contributed by atoms with Gasteiger partial charge in [-0.25, -0.2) is 4.79 Å². The number of rotatable bonds is 2. The van der Waals surface area contributed by atoms with Gasteiger partial charge in [-0.3, -0.25) is 0 Å². The van der Waals surface area contributed by atoms with Gasteiger partial charge in [0.25, 0.3) is 0 Å². The normalized spacial score (nSPS) is 10.4. The second-order valence-corrected chi connectivity index (χ2v) is 3.55. The number of benzene rings is 1. The van der Waals surface area contributed by atoms with Gasteiger partial charge in [-0.15, -0.1) is 0 Å². The van der Waals surface area contributed by atoms with E-state index < -0.39 is 0 Å². The van der Waals surface area contributed by atoms with E-state index in [1.807, 2.05) is 19.1 Å². The molecule has 0 saturated heterocycles. The number of hydrogen-bond donors (Lipinski definition) is 1. The summed E-state index contributed by atoms with van der Waals surface area (Å²) in [5.74, 6) is 0.365. The number of fused-ring (bicyclic) bond motifs is 1. The Hall–Kier alpha value is -1.97. The van der Waals surface area contributed by atoms with Crippen LogP contribution in [0.4, 0.5) is 0 Å². The molecule has 1 aromatic carbocycles. The molecule has 0 fully saturated rings. The highest BCUT2D eigenvalue weighted by molar-refractivity contribution is 5.98. The summed E-state index contributed by atoms with van der Waals surface area (Å²) >= 11 is 0. The Labute approximate surface area is 93.2 Å². The zero-order valence-electron chi connectivity index (χ0n) is 9.46. The fraction of sp³-hybridized carbons (Fsp3) is 0.250. The topological polar surface area (TPSA) is 51.3 Å². The molecule has 0 aliphatic heterocycles. The van der Waals surface area contributed by atoms with E-state index in [0.717, 1.165) is 22.2 Å². The lowest BCUT2D eigenvalue weighted by Crippen LogP contribution is -2.00. The number of methoxy groups -OCH3 is 2. The molecule has 4 nitrogen and oxygen atoms in total. The van der Waals surface area contributed by atoms with Crippen molar-refractivity contribution in [1.82, 2.24) is 4.98 Å². The van der Waals surface area contributed by atoms with Crippen molar-refractivity contribution in [2.75, 3.05) is 14.2 Å². The van der Waals surface area contributed by atoms with Crippen molar-refractivity contribution in [3.05, 3.63) is 29.5 Å². The van der Waals surface area contributed by atoms with Crippen LogP contribution in [0.5, 0.6) is 5.75 Å². The van der Waals surface area contributed by atoms with Crippen molar-refractivity contribution in [1.29, 1.82) is 0 Å². The largest absolute Gasteiger partial charge is 0.496 e. The van der Waals surface area contributed by atoms with Crippen LogP contribution >= 0.6 is 0 Å². The number of hydrogen-bond acceptors (Lipinski definition) is 3. The molecule has 1 heterocycles. The lowest BCUT2D eigenvalue weighted by atomic mass is 10.1. The number of aromatic nitrogens is 1. The molecule has 0 aliphatic carbocycles. The third-order valence-corrected chi connectivity index (χ3v) is 2.59. The second-order valence-electron chi connectivity index (χ2n) is 3.55. The molecule has 2 rings (SSSR count). The maximum Gasteiger partial charge on any atom is 0.354 e. The van der Waals surface area contributed by atoms with Crippen molar-refractivity contribution in [3.63, 3.8) is 0 Å². The average Bonchev–Trinajstić information content (AvgIpc) is 2.74. The summed E-state index contributed by atoms with van der Waals surface area (Å²) in [5, 5.41) is 0.892. The highest BCUT2D eigenvalue weighted by atomic mass is 16.5. The molecule has 2 aromatic rings. The number of esters is 1. The fourth-order valence-electron chi connectivity index (χ4n) is 1.73. The van der Waals surface area contributed by atoms with E-state index in [2.05, 4.69) is 9.72 Å². The smallest absolute Gasteiger partial charge is 0.354 e. The summed E-state index contributed by atoms with van der Waals surface area (Å²) < 4.78 is 9.91. The van der Waals surface area contributed by atoms with Crippen LogP contribution in [0.15, 0.2) is 18.2 Å². The third-order valence-electron chi connectivity index (χ3n) is 2.59. The summed E-state index contributed by atoms with van der Waals surface area (Å²) in [6.07, 6.45) is 0. The fourth-order valence-corrected chi connectivity index (χ4v) is 1.73. The lowest BCUT2D eigenvalue weighted by Gasteiger charge is -2.02. The first-order valence-corrected chi connectivity index (χ1v) is 4.92. The van der Waals surface area contributed by atoms with Crippen LogP contribution < -0.4 is 4.74 Å². The number of nitrogens with one attached hydrogen (secondary N) is 1. The van der Waals surface area contributed by atoms with E-state index in [-0.39, 0.29) is 5.97 Å². The molecule has 1 N–H and O–H groups in total. The number of carbonyl (C=O) groups excluding carboxylic acids is 1. The van der Waals surface area contributed by atoms with Crippen molar-refractivity contribution in [2.45, 2.75) is 6.92 Å². The number of H-pyrrole nitrogens is 1. The van der Waals surface area contributed by atoms with Crippen LogP contribution in [0.25, 0.3) is 10.9 Å². The molecule has 0 spiro atoms. The molecule has 0 unspecified atom stereocenters. The summed E-state index contributed by atoms with van der Waals surface area (Å²) in [6, 6.07) is 5.57.